The highest BCUT2D eigenvalue weighted by atomic mass is 35.5. The number of carbonyl (C=O) groups is 2. The summed E-state index contributed by atoms with van der Waals surface area (Å²) in [7, 11) is 0. The number of rotatable bonds is 5. The minimum absolute atomic E-state index is 0.0512. The lowest BCUT2D eigenvalue weighted by atomic mass is 10.2. The van der Waals surface area contributed by atoms with Gasteiger partial charge in [-0.15, -0.1) is 0 Å². The summed E-state index contributed by atoms with van der Waals surface area (Å²) in [6.45, 7) is -0.176. The van der Waals surface area contributed by atoms with Gasteiger partial charge in [0.1, 0.15) is 11.6 Å². The number of amidine groups is 1. The fourth-order valence-electron chi connectivity index (χ4n) is 2.19. The van der Waals surface area contributed by atoms with Crippen molar-refractivity contribution < 1.29 is 14.3 Å². The lowest BCUT2D eigenvalue weighted by molar-refractivity contribution is -0.118. The zero-order valence-corrected chi connectivity index (χ0v) is 15.0. The number of ether oxygens (including phenoxy) is 1. The van der Waals surface area contributed by atoms with Gasteiger partial charge < -0.3 is 15.4 Å². The van der Waals surface area contributed by atoms with E-state index in [0.29, 0.717) is 26.9 Å². The van der Waals surface area contributed by atoms with Crippen molar-refractivity contribution in [2.24, 2.45) is 0 Å². The van der Waals surface area contributed by atoms with Crippen LogP contribution in [0.1, 0.15) is 5.56 Å². The molecule has 0 aliphatic carbocycles. The van der Waals surface area contributed by atoms with Gasteiger partial charge in [-0.1, -0.05) is 29.8 Å². The fraction of sp³-hybridized carbons (Fsp3) is 0.0556. The zero-order chi connectivity index (χ0) is 18.5. The summed E-state index contributed by atoms with van der Waals surface area (Å²) in [6.07, 6.45) is 1.68. The first kappa shape index (κ1) is 18.0. The maximum Gasteiger partial charge on any atom is 0.289 e. The highest BCUT2D eigenvalue weighted by molar-refractivity contribution is 8.18. The second kappa shape index (κ2) is 8.07. The SMILES string of the molecule is N=C1NC(=O)S/C1=C\c1ccccc1OCC(=O)Nc1ccc(Cl)cc1. The van der Waals surface area contributed by atoms with E-state index in [1.54, 1.807) is 48.5 Å². The first-order chi connectivity index (χ1) is 12.5. The molecule has 2 aromatic carbocycles. The summed E-state index contributed by atoms with van der Waals surface area (Å²) in [4.78, 5) is 23.9. The molecule has 0 bridgehead atoms. The molecular formula is C18H14ClN3O3S. The third-order valence-corrected chi connectivity index (χ3v) is 4.45. The monoisotopic (exact) mass is 387 g/mol. The van der Waals surface area contributed by atoms with Crippen LogP contribution in [0.2, 0.25) is 5.02 Å². The predicted octanol–water partition coefficient (Wildman–Crippen LogP) is 4.13. The average Bonchev–Trinajstić information content (AvgIpc) is 2.93. The smallest absolute Gasteiger partial charge is 0.289 e. The number of benzene rings is 2. The molecular weight excluding hydrogens is 374 g/mol. The second-order valence-corrected chi connectivity index (χ2v) is 6.73. The molecule has 0 aromatic heterocycles. The Balaban J connectivity index is 1.66. The molecule has 6 nitrogen and oxygen atoms in total. The van der Waals surface area contributed by atoms with Crippen LogP contribution in [0.3, 0.4) is 0 Å². The van der Waals surface area contributed by atoms with Crippen LogP contribution >= 0.6 is 23.4 Å². The molecule has 26 heavy (non-hydrogen) atoms. The molecule has 1 saturated heterocycles. The van der Waals surface area contributed by atoms with E-state index in [4.69, 9.17) is 21.7 Å². The molecule has 0 atom stereocenters. The van der Waals surface area contributed by atoms with E-state index in [2.05, 4.69) is 10.6 Å². The molecule has 3 rings (SSSR count). The van der Waals surface area contributed by atoms with Crippen molar-refractivity contribution >= 4 is 52.1 Å². The maximum absolute atomic E-state index is 12.0. The normalized spacial score (nSPS) is 15.0. The van der Waals surface area contributed by atoms with Crippen LogP contribution in [0.15, 0.2) is 53.4 Å². The fourth-order valence-corrected chi connectivity index (χ4v) is 3.01. The Morgan fingerprint density at radius 3 is 2.65 bits per heavy atom. The summed E-state index contributed by atoms with van der Waals surface area (Å²) >= 11 is 6.76. The van der Waals surface area contributed by atoms with Crippen molar-refractivity contribution in [1.29, 1.82) is 5.41 Å². The van der Waals surface area contributed by atoms with Crippen LogP contribution in [-0.4, -0.2) is 23.6 Å². The number of anilines is 1. The van der Waals surface area contributed by atoms with Crippen molar-refractivity contribution in [2.75, 3.05) is 11.9 Å². The topological polar surface area (TPSA) is 91.3 Å². The van der Waals surface area contributed by atoms with Gasteiger partial charge in [-0.25, -0.2) is 0 Å². The molecule has 0 spiro atoms. The number of hydrogen-bond donors (Lipinski definition) is 3. The Labute approximate surface area is 159 Å². The number of amides is 2. The van der Waals surface area contributed by atoms with Crippen LogP contribution < -0.4 is 15.4 Å². The molecule has 1 aliphatic heterocycles. The zero-order valence-electron chi connectivity index (χ0n) is 13.4. The first-order valence-corrected chi connectivity index (χ1v) is 8.77. The minimum Gasteiger partial charge on any atom is -0.483 e. The van der Waals surface area contributed by atoms with Gasteiger partial charge in [-0.3, -0.25) is 15.0 Å². The number of halogens is 1. The van der Waals surface area contributed by atoms with Gasteiger partial charge in [-0.05, 0) is 48.2 Å². The van der Waals surface area contributed by atoms with Crippen LogP contribution in [0.5, 0.6) is 5.75 Å². The first-order valence-electron chi connectivity index (χ1n) is 7.58. The van der Waals surface area contributed by atoms with Crippen molar-refractivity contribution in [1.82, 2.24) is 5.32 Å². The number of para-hydroxylation sites is 1. The van der Waals surface area contributed by atoms with E-state index in [-0.39, 0.29) is 23.6 Å². The Bertz CT molecular complexity index is 897. The maximum atomic E-state index is 12.0. The minimum atomic E-state index is -0.311. The summed E-state index contributed by atoms with van der Waals surface area (Å²) in [5.74, 6) is 0.226. The summed E-state index contributed by atoms with van der Waals surface area (Å²) < 4.78 is 5.60. The lowest BCUT2D eigenvalue weighted by Crippen LogP contribution is -2.20. The Kier molecular flexibility index (Phi) is 5.60. The van der Waals surface area contributed by atoms with Crippen LogP contribution in [-0.2, 0) is 4.79 Å². The molecule has 132 valence electrons. The third kappa shape index (κ3) is 4.65. The van der Waals surface area contributed by atoms with Crippen LogP contribution in [0, 0.1) is 5.41 Å². The van der Waals surface area contributed by atoms with Crippen molar-refractivity contribution in [3.8, 4) is 5.75 Å². The molecule has 1 heterocycles. The lowest BCUT2D eigenvalue weighted by Gasteiger charge is -2.10. The number of nitrogens with one attached hydrogen (secondary N) is 3. The van der Waals surface area contributed by atoms with Gasteiger partial charge in [0.05, 0.1) is 4.91 Å². The standard InChI is InChI=1S/C18H14ClN3O3S/c19-12-5-7-13(8-6-12)21-16(23)10-25-14-4-2-1-3-11(14)9-15-17(20)22-18(24)26-15/h1-9H,10H2,(H,21,23)(H2,20,22,24)/b15-9-. The van der Waals surface area contributed by atoms with Crippen molar-refractivity contribution in [3.05, 3.63) is 64.0 Å². The molecule has 2 aromatic rings. The highest BCUT2D eigenvalue weighted by Crippen LogP contribution is 2.29. The largest absolute Gasteiger partial charge is 0.483 e. The molecule has 0 saturated carbocycles. The Hall–Kier alpha value is -2.77. The van der Waals surface area contributed by atoms with E-state index in [1.807, 2.05) is 6.07 Å². The number of hydrogen-bond acceptors (Lipinski definition) is 5. The summed E-state index contributed by atoms with van der Waals surface area (Å²) in [5.41, 5.74) is 1.30. The highest BCUT2D eigenvalue weighted by Gasteiger charge is 2.22. The van der Waals surface area contributed by atoms with Gasteiger partial charge in [0, 0.05) is 16.3 Å². The van der Waals surface area contributed by atoms with Gasteiger partial charge in [0.15, 0.2) is 6.61 Å². The van der Waals surface area contributed by atoms with E-state index in [9.17, 15) is 9.59 Å². The molecule has 3 N–H and O–H groups in total. The van der Waals surface area contributed by atoms with Crippen LogP contribution in [0.4, 0.5) is 10.5 Å². The average molecular weight is 388 g/mol. The van der Waals surface area contributed by atoms with E-state index >= 15 is 0 Å². The van der Waals surface area contributed by atoms with E-state index in [1.165, 1.54) is 0 Å². The van der Waals surface area contributed by atoms with E-state index in [0.717, 1.165) is 11.8 Å². The molecule has 1 fully saturated rings. The molecule has 8 heteroatoms. The predicted molar refractivity (Wildman–Crippen MR) is 104 cm³/mol. The number of thioether (sulfide) groups is 1. The van der Waals surface area contributed by atoms with Gasteiger partial charge in [0.2, 0.25) is 0 Å². The van der Waals surface area contributed by atoms with Crippen molar-refractivity contribution in [2.45, 2.75) is 0 Å². The van der Waals surface area contributed by atoms with E-state index < -0.39 is 0 Å². The quantitative estimate of drug-likeness (QED) is 0.719. The molecule has 0 radical (unpaired) electrons. The Morgan fingerprint density at radius 1 is 1.23 bits per heavy atom. The van der Waals surface area contributed by atoms with Gasteiger partial charge in [-0.2, -0.15) is 0 Å². The Morgan fingerprint density at radius 2 is 1.96 bits per heavy atom. The van der Waals surface area contributed by atoms with Gasteiger partial charge in [0.25, 0.3) is 11.1 Å². The second-order valence-electron chi connectivity index (χ2n) is 5.28. The molecule has 2 amide bonds. The molecule has 1 aliphatic rings. The third-order valence-electron chi connectivity index (χ3n) is 3.37. The van der Waals surface area contributed by atoms with Crippen LogP contribution in [0.25, 0.3) is 6.08 Å². The number of carbonyl (C=O) groups excluding carboxylic acids is 2. The summed E-state index contributed by atoms with van der Waals surface area (Å²) in [6, 6.07) is 13.9. The van der Waals surface area contributed by atoms with Gasteiger partial charge >= 0.3 is 0 Å². The van der Waals surface area contributed by atoms with Crippen molar-refractivity contribution in [3.63, 3.8) is 0 Å². The summed E-state index contributed by atoms with van der Waals surface area (Å²) in [5, 5.41) is 13.2. The molecule has 0 unspecified atom stereocenters.